The molecular weight excluding hydrogens is 345 g/mol. The fraction of sp³-hybridized carbons (Fsp3) is 0.353. The number of pyridine rings is 1. The van der Waals surface area contributed by atoms with Crippen molar-refractivity contribution >= 4 is 40.1 Å². The van der Waals surface area contributed by atoms with Crippen LogP contribution in [0, 0.1) is 0 Å². The molecule has 0 radical (unpaired) electrons. The lowest BCUT2D eigenvalue weighted by atomic mass is 9.95. The fourth-order valence-electron chi connectivity index (χ4n) is 3.20. The molecule has 1 aliphatic carbocycles. The molecule has 0 amide bonds. The highest BCUT2D eigenvalue weighted by Crippen LogP contribution is 2.30. The van der Waals surface area contributed by atoms with Crippen LogP contribution in [-0.2, 0) is 0 Å². The van der Waals surface area contributed by atoms with Gasteiger partial charge in [0, 0.05) is 29.4 Å². The van der Waals surface area contributed by atoms with Gasteiger partial charge in [0.2, 0.25) is 0 Å². The molecule has 3 aromatic heterocycles. The van der Waals surface area contributed by atoms with Crippen LogP contribution in [0.25, 0.3) is 22.4 Å². The van der Waals surface area contributed by atoms with Crippen molar-refractivity contribution in [2.75, 3.05) is 5.32 Å². The SMILES string of the molecule is Clc1cnc2[nH]cc(-c3ncc(Cl)c(NC4CCCCC4)n3)c2c1. The topological polar surface area (TPSA) is 66.5 Å². The Bertz CT molecular complexity index is 871. The quantitative estimate of drug-likeness (QED) is 0.683. The van der Waals surface area contributed by atoms with Crippen LogP contribution < -0.4 is 5.32 Å². The van der Waals surface area contributed by atoms with Crippen LogP contribution in [0.3, 0.4) is 0 Å². The van der Waals surface area contributed by atoms with Crippen LogP contribution >= 0.6 is 23.2 Å². The molecule has 5 nitrogen and oxygen atoms in total. The minimum Gasteiger partial charge on any atom is -0.366 e. The number of aromatic amines is 1. The summed E-state index contributed by atoms with van der Waals surface area (Å²) in [4.78, 5) is 16.4. The molecule has 0 bridgehead atoms. The van der Waals surface area contributed by atoms with Gasteiger partial charge in [-0.2, -0.15) is 0 Å². The second-order valence-corrected chi connectivity index (χ2v) is 6.97. The summed E-state index contributed by atoms with van der Waals surface area (Å²) >= 11 is 12.4. The van der Waals surface area contributed by atoms with E-state index in [-0.39, 0.29) is 0 Å². The highest BCUT2D eigenvalue weighted by molar-refractivity contribution is 6.33. The average Bonchev–Trinajstić information content (AvgIpc) is 3.01. The van der Waals surface area contributed by atoms with Crippen LogP contribution in [0.15, 0.2) is 24.7 Å². The van der Waals surface area contributed by atoms with Gasteiger partial charge in [0.25, 0.3) is 0 Å². The van der Waals surface area contributed by atoms with Crippen LogP contribution in [0.4, 0.5) is 5.82 Å². The van der Waals surface area contributed by atoms with E-state index < -0.39 is 0 Å². The zero-order valence-electron chi connectivity index (χ0n) is 13.0. The summed E-state index contributed by atoms with van der Waals surface area (Å²) in [5, 5.41) is 5.50. The molecule has 1 aliphatic rings. The van der Waals surface area contributed by atoms with Crippen molar-refractivity contribution in [3.63, 3.8) is 0 Å². The van der Waals surface area contributed by atoms with Crippen molar-refractivity contribution in [1.82, 2.24) is 19.9 Å². The lowest BCUT2D eigenvalue weighted by molar-refractivity contribution is 0.462. The lowest BCUT2D eigenvalue weighted by Crippen LogP contribution is -2.23. The van der Waals surface area contributed by atoms with Crippen LogP contribution in [0.2, 0.25) is 10.0 Å². The Hall–Kier alpha value is -1.85. The summed E-state index contributed by atoms with van der Waals surface area (Å²) in [7, 11) is 0. The second-order valence-electron chi connectivity index (χ2n) is 6.12. The number of rotatable bonds is 3. The number of nitrogens with zero attached hydrogens (tertiary/aromatic N) is 3. The van der Waals surface area contributed by atoms with E-state index in [1.807, 2.05) is 12.3 Å². The third-order valence-electron chi connectivity index (χ3n) is 4.43. The van der Waals surface area contributed by atoms with Gasteiger partial charge in [0.15, 0.2) is 5.82 Å². The van der Waals surface area contributed by atoms with Gasteiger partial charge < -0.3 is 10.3 Å². The first-order chi connectivity index (χ1) is 11.7. The van der Waals surface area contributed by atoms with Gasteiger partial charge in [-0.1, -0.05) is 42.5 Å². The number of hydrogen-bond acceptors (Lipinski definition) is 4. The van der Waals surface area contributed by atoms with E-state index in [0.29, 0.717) is 27.7 Å². The van der Waals surface area contributed by atoms with Gasteiger partial charge in [0.1, 0.15) is 16.5 Å². The maximum Gasteiger partial charge on any atom is 0.163 e. The molecule has 0 aromatic carbocycles. The van der Waals surface area contributed by atoms with E-state index in [4.69, 9.17) is 23.2 Å². The number of fused-ring (bicyclic) bond motifs is 1. The molecular formula is C17H17Cl2N5. The van der Waals surface area contributed by atoms with Crippen molar-refractivity contribution in [2.24, 2.45) is 0 Å². The summed E-state index contributed by atoms with van der Waals surface area (Å²) in [6.45, 7) is 0. The monoisotopic (exact) mass is 361 g/mol. The molecule has 7 heteroatoms. The van der Waals surface area contributed by atoms with Gasteiger partial charge >= 0.3 is 0 Å². The van der Waals surface area contributed by atoms with Gasteiger partial charge in [-0.25, -0.2) is 15.0 Å². The first-order valence-corrected chi connectivity index (χ1v) is 8.88. The maximum absolute atomic E-state index is 6.29. The Morgan fingerprint density at radius 1 is 1.08 bits per heavy atom. The molecule has 0 unspecified atom stereocenters. The average molecular weight is 362 g/mol. The van der Waals surface area contributed by atoms with Gasteiger partial charge in [-0.05, 0) is 18.9 Å². The minimum atomic E-state index is 0.429. The standard InChI is InChI=1S/C17H17Cl2N5/c18-10-6-12-13(8-21-15(12)20-7-10)16-22-9-14(19)17(24-16)23-11-4-2-1-3-5-11/h6-9,11H,1-5H2,(H,20,21)(H,22,23,24). The molecule has 0 saturated heterocycles. The highest BCUT2D eigenvalue weighted by Gasteiger charge is 2.17. The normalized spacial score (nSPS) is 15.8. The summed E-state index contributed by atoms with van der Waals surface area (Å²) in [6, 6.07) is 2.29. The molecule has 1 fully saturated rings. The van der Waals surface area contributed by atoms with Crippen LogP contribution in [0.5, 0.6) is 0 Å². The third kappa shape index (κ3) is 3.06. The van der Waals surface area contributed by atoms with Crippen molar-refractivity contribution in [3.8, 4) is 11.4 Å². The van der Waals surface area contributed by atoms with Crippen LogP contribution in [-0.4, -0.2) is 26.0 Å². The van der Waals surface area contributed by atoms with E-state index in [1.165, 1.54) is 19.3 Å². The van der Waals surface area contributed by atoms with Gasteiger partial charge in [0.05, 0.1) is 11.2 Å². The summed E-state index contributed by atoms with van der Waals surface area (Å²) in [5.41, 5.74) is 1.62. The Labute approximate surface area is 149 Å². The number of hydrogen-bond donors (Lipinski definition) is 2. The first-order valence-electron chi connectivity index (χ1n) is 8.13. The molecule has 0 aliphatic heterocycles. The van der Waals surface area contributed by atoms with E-state index in [0.717, 1.165) is 29.4 Å². The van der Waals surface area contributed by atoms with Crippen molar-refractivity contribution < 1.29 is 0 Å². The summed E-state index contributed by atoms with van der Waals surface area (Å²) < 4.78 is 0. The van der Waals surface area contributed by atoms with Gasteiger partial charge in [-0.3, -0.25) is 0 Å². The van der Waals surface area contributed by atoms with E-state index >= 15 is 0 Å². The fourth-order valence-corrected chi connectivity index (χ4v) is 3.50. The Morgan fingerprint density at radius 2 is 1.92 bits per heavy atom. The van der Waals surface area contributed by atoms with Crippen LogP contribution in [0.1, 0.15) is 32.1 Å². The number of halogens is 2. The maximum atomic E-state index is 6.29. The largest absolute Gasteiger partial charge is 0.366 e. The number of nitrogens with one attached hydrogen (secondary N) is 2. The molecule has 124 valence electrons. The van der Waals surface area contributed by atoms with E-state index in [9.17, 15) is 0 Å². The van der Waals surface area contributed by atoms with Crippen molar-refractivity contribution in [3.05, 3.63) is 34.7 Å². The summed E-state index contributed by atoms with van der Waals surface area (Å²) in [6.07, 6.45) is 11.2. The van der Waals surface area contributed by atoms with E-state index in [2.05, 4.69) is 25.3 Å². The lowest BCUT2D eigenvalue weighted by Gasteiger charge is -2.23. The Morgan fingerprint density at radius 3 is 2.75 bits per heavy atom. The molecule has 0 spiro atoms. The Kier molecular flexibility index (Phi) is 4.29. The van der Waals surface area contributed by atoms with Crippen molar-refractivity contribution in [1.29, 1.82) is 0 Å². The molecule has 3 heterocycles. The molecule has 3 aromatic rings. The van der Waals surface area contributed by atoms with E-state index in [1.54, 1.807) is 12.4 Å². The molecule has 4 rings (SSSR count). The molecule has 2 N–H and O–H groups in total. The molecule has 24 heavy (non-hydrogen) atoms. The van der Waals surface area contributed by atoms with Crippen molar-refractivity contribution in [2.45, 2.75) is 38.1 Å². The Balaban J connectivity index is 1.70. The predicted molar refractivity (Wildman–Crippen MR) is 97.6 cm³/mol. The minimum absolute atomic E-state index is 0.429. The number of anilines is 1. The zero-order chi connectivity index (χ0) is 16.5. The zero-order valence-corrected chi connectivity index (χ0v) is 14.5. The smallest absolute Gasteiger partial charge is 0.163 e. The second kappa shape index (κ2) is 6.57. The third-order valence-corrected chi connectivity index (χ3v) is 4.91. The van der Waals surface area contributed by atoms with Gasteiger partial charge in [-0.15, -0.1) is 0 Å². The number of aromatic nitrogens is 4. The molecule has 0 atom stereocenters. The first kappa shape index (κ1) is 15.7. The highest BCUT2D eigenvalue weighted by atomic mass is 35.5. The summed E-state index contributed by atoms with van der Waals surface area (Å²) in [5.74, 6) is 1.30. The molecule has 1 saturated carbocycles. The predicted octanol–water partition coefficient (Wildman–Crippen LogP) is 5.07. The number of H-pyrrole nitrogens is 1.